The lowest BCUT2D eigenvalue weighted by Gasteiger charge is -2.19. The zero-order valence-corrected chi connectivity index (χ0v) is 12.5. The molecule has 1 aromatic carbocycles. The highest BCUT2D eigenvalue weighted by Gasteiger charge is 2.39. The zero-order chi connectivity index (χ0) is 15.8. The molecule has 0 aliphatic carbocycles. The molecule has 7 heteroatoms. The molecule has 0 bridgehead atoms. The molecule has 1 amide bonds. The van der Waals surface area contributed by atoms with Crippen molar-refractivity contribution >= 4 is 21.8 Å². The van der Waals surface area contributed by atoms with Gasteiger partial charge in [-0.2, -0.15) is 13.7 Å². The number of rotatable bonds is 3. The predicted molar refractivity (Wildman–Crippen MR) is 75.9 cm³/mol. The van der Waals surface area contributed by atoms with Crippen LogP contribution in [0.3, 0.4) is 0 Å². The van der Waals surface area contributed by atoms with Gasteiger partial charge in [0.05, 0.1) is 11.5 Å². The lowest BCUT2D eigenvalue weighted by Crippen LogP contribution is -2.27. The van der Waals surface area contributed by atoms with Gasteiger partial charge >= 0.3 is 10.2 Å². The van der Waals surface area contributed by atoms with Crippen LogP contribution in [0.25, 0.3) is 0 Å². The highest BCUT2D eigenvalue weighted by molar-refractivity contribution is 7.87. The topological polar surface area (TPSA) is 78.2 Å². The molecule has 0 spiro atoms. The minimum Gasteiger partial charge on any atom is -0.311 e. The Labute approximate surface area is 123 Å². The molecule has 1 fully saturated rings. The van der Waals surface area contributed by atoms with Crippen LogP contribution in [-0.4, -0.2) is 26.1 Å². The third-order valence-electron chi connectivity index (χ3n) is 3.67. The monoisotopic (exact) mass is 310 g/mol. The van der Waals surface area contributed by atoms with Crippen molar-refractivity contribution in [3.63, 3.8) is 0 Å². The summed E-state index contributed by atoms with van der Waals surface area (Å²) in [6.07, 6.45) is -0.343. The number of halogens is 1. The Morgan fingerprint density at radius 3 is 2.33 bits per heavy atom. The van der Waals surface area contributed by atoms with Gasteiger partial charge in [0, 0.05) is 18.7 Å². The second-order valence-electron chi connectivity index (χ2n) is 5.59. The Balaban J connectivity index is 2.25. The summed E-state index contributed by atoms with van der Waals surface area (Å²) in [6, 6.07) is 8.87. The third kappa shape index (κ3) is 3.05. The van der Waals surface area contributed by atoms with Gasteiger partial charge in [-0.25, -0.2) is 0 Å². The lowest BCUT2D eigenvalue weighted by molar-refractivity contribution is -0.117. The van der Waals surface area contributed by atoms with Crippen molar-refractivity contribution in [3.05, 3.63) is 29.8 Å². The average Bonchev–Trinajstić information content (AvgIpc) is 2.81. The summed E-state index contributed by atoms with van der Waals surface area (Å²) >= 11 is 0. The smallest absolute Gasteiger partial charge is 0.307 e. The van der Waals surface area contributed by atoms with Crippen molar-refractivity contribution in [3.8, 4) is 6.07 Å². The van der Waals surface area contributed by atoms with Gasteiger partial charge < -0.3 is 4.90 Å². The van der Waals surface area contributed by atoms with Gasteiger partial charge in [-0.3, -0.25) is 4.79 Å². The van der Waals surface area contributed by atoms with Gasteiger partial charge in [0.1, 0.15) is 5.25 Å². The van der Waals surface area contributed by atoms with Crippen LogP contribution >= 0.6 is 0 Å². The molecular weight excluding hydrogens is 295 g/mol. The SMILES string of the molecule is CC(C)(C#N)c1ccc(N2CC(S(=O)(=O)F)CC2=O)cc1. The molecule has 112 valence electrons. The van der Waals surface area contributed by atoms with Crippen molar-refractivity contribution in [2.75, 3.05) is 11.4 Å². The predicted octanol–water partition coefficient (Wildman–Crippen LogP) is 1.89. The third-order valence-corrected chi connectivity index (χ3v) is 4.78. The molecule has 1 aromatic rings. The Morgan fingerprint density at radius 1 is 1.33 bits per heavy atom. The van der Waals surface area contributed by atoms with E-state index in [9.17, 15) is 17.1 Å². The summed E-state index contributed by atoms with van der Waals surface area (Å²) in [5.74, 6) is -0.423. The summed E-state index contributed by atoms with van der Waals surface area (Å²) in [5, 5.41) is 7.77. The highest BCUT2D eigenvalue weighted by atomic mass is 32.3. The lowest BCUT2D eigenvalue weighted by atomic mass is 9.86. The first kappa shape index (κ1) is 15.4. The van der Waals surface area contributed by atoms with Crippen LogP contribution in [0, 0.1) is 11.3 Å². The van der Waals surface area contributed by atoms with Gasteiger partial charge in [0.25, 0.3) is 0 Å². The van der Waals surface area contributed by atoms with Crippen LogP contribution in [0.1, 0.15) is 25.8 Å². The molecule has 21 heavy (non-hydrogen) atoms. The fraction of sp³-hybridized carbons (Fsp3) is 0.429. The van der Waals surface area contributed by atoms with Gasteiger partial charge in [0.2, 0.25) is 5.91 Å². The second-order valence-corrected chi connectivity index (χ2v) is 7.21. The normalized spacial score (nSPS) is 19.6. The zero-order valence-electron chi connectivity index (χ0n) is 11.7. The number of nitriles is 1. The van der Waals surface area contributed by atoms with Crippen LogP contribution < -0.4 is 4.90 Å². The van der Waals surface area contributed by atoms with Gasteiger partial charge in [-0.1, -0.05) is 12.1 Å². The minimum absolute atomic E-state index is 0.182. The van der Waals surface area contributed by atoms with E-state index in [1.54, 1.807) is 38.1 Å². The molecule has 2 rings (SSSR count). The maximum atomic E-state index is 13.0. The first-order chi connectivity index (χ1) is 9.65. The van der Waals surface area contributed by atoms with Crippen molar-refractivity contribution in [1.82, 2.24) is 0 Å². The standard InChI is InChI=1S/C14H15FN2O3S/c1-14(2,9-16)10-3-5-11(6-4-10)17-8-12(7-13(17)18)21(15,19)20/h3-6,12H,7-8H2,1-2H3. The van der Waals surface area contributed by atoms with E-state index in [0.29, 0.717) is 5.69 Å². The molecule has 1 heterocycles. The molecule has 5 nitrogen and oxygen atoms in total. The molecule has 1 aliphatic heterocycles. The highest BCUT2D eigenvalue weighted by Crippen LogP contribution is 2.29. The molecule has 0 aromatic heterocycles. The van der Waals surface area contributed by atoms with Crippen LogP contribution in [0.5, 0.6) is 0 Å². The van der Waals surface area contributed by atoms with Crippen LogP contribution in [0.15, 0.2) is 24.3 Å². The quantitative estimate of drug-likeness (QED) is 0.799. The molecule has 0 saturated carbocycles. The van der Waals surface area contributed by atoms with Gasteiger partial charge in [0.15, 0.2) is 0 Å². The van der Waals surface area contributed by atoms with Crippen molar-refractivity contribution < 1.29 is 17.1 Å². The van der Waals surface area contributed by atoms with Crippen LogP contribution in [0.4, 0.5) is 9.57 Å². The second kappa shape index (κ2) is 5.11. The van der Waals surface area contributed by atoms with Crippen molar-refractivity contribution in [2.24, 2.45) is 0 Å². The van der Waals surface area contributed by atoms with E-state index in [4.69, 9.17) is 5.26 Å². The number of hydrogen-bond donors (Lipinski definition) is 0. The Kier molecular flexibility index (Phi) is 3.76. The van der Waals surface area contributed by atoms with E-state index < -0.39 is 26.8 Å². The van der Waals surface area contributed by atoms with Crippen LogP contribution in [-0.2, 0) is 20.4 Å². The van der Waals surface area contributed by atoms with E-state index in [-0.39, 0.29) is 13.0 Å². The Bertz CT molecular complexity index is 705. The van der Waals surface area contributed by atoms with Gasteiger partial charge in [-0.05, 0) is 31.5 Å². The number of carbonyl (C=O) groups excluding carboxylic acids is 1. The number of anilines is 1. The number of carbonyl (C=O) groups is 1. The van der Waals surface area contributed by atoms with E-state index in [1.165, 1.54) is 4.90 Å². The summed E-state index contributed by atoms with van der Waals surface area (Å²) in [6.45, 7) is 3.36. The summed E-state index contributed by atoms with van der Waals surface area (Å²) in [7, 11) is -4.72. The largest absolute Gasteiger partial charge is 0.311 e. The number of benzene rings is 1. The molecule has 1 atom stereocenters. The first-order valence-corrected chi connectivity index (χ1v) is 7.85. The van der Waals surface area contributed by atoms with E-state index in [0.717, 1.165) is 5.56 Å². The van der Waals surface area contributed by atoms with Crippen molar-refractivity contribution in [1.29, 1.82) is 5.26 Å². The number of amides is 1. The van der Waals surface area contributed by atoms with E-state index >= 15 is 0 Å². The maximum Gasteiger partial charge on any atom is 0.307 e. The van der Waals surface area contributed by atoms with E-state index in [2.05, 4.69) is 6.07 Å². The summed E-state index contributed by atoms with van der Waals surface area (Å²) in [4.78, 5) is 13.1. The fourth-order valence-corrected chi connectivity index (χ4v) is 2.90. The molecule has 0 N–H and O–H groups in total. The Morgan fingerprint density at radius 2 is 1.90 bits per heavy atom. The number of nitrogens with zero attached hydrogens (tertiary/aromatic N) is 2. The fourth-order valence-electron chi connectivity index (χ4n) is 2.24. The summed E-state index contributed by atoms with van der Waals surface area (Å²) in [5.41, 5.74) is 0.636. The maximum absolute atomic E-state index is 13.0. The average molecular weight is 310 g/mol. The Hall–Kier alpha value is -1.94. The van der Waals surface area contributed by atoms with Gasteiger partial charge in [-0.15, -0.1) is 3.89 Å². The van der Waals surface area contributed by atoms with Crippen molar-refractivity contribution in [2.45, 2.75) is 30.9 Å². The van der Waals surface area contributed by atoms with Crippen LogP contribution in [0.2, 0.25) is 0 Å². The molecule has 1 unspecified atom stereocenters. The molecule has 1 saturated heterocycles. The first-order valence-electron chi connectivity index (χ1n) is 6.41. The minimum atomic E-state index is -4.72. The number of hydrogen-bond acceptors (Lipinski definition) is 4. The summed E-state index contributed by atoms with van der Waals surface area (Å²) < 4.78 is 34.8. The molecular formula is C14H15FN2O3S. The molecule has 0 radical (unpaired) electrons. The molecule has 1 aliphatic rings. The van der Waals surface area contributed by atoms with E-state index in [1.807, 2.05) is 0 Å².